The number of nitrogen functional groups attached to an aromatic ring is 1. The van der Waals surface area contributed by atoms with Crippen LogP contribution in [0.2, 0.25) is 0 Å². The molecular weight excluding hydrogens is 242 g/mol. The molecule has 0 amide bonds. The molecule has 1 heterocycles. The summed E-state index contributed by atoms with van der Waals surface area (Å²) in [5, 5.41) is 13.0. The van der Waals surface area contributed by atoms with Gasteiger partial charge in [0.2, 0.25) is 0 Å². The van der Waals surface area contributed by atoms with Gasteiger partial charge in [0.1, 0.15) is 0 Å². The van der Waals surface area contributed by atoms with Crippen molar-refractivity contribution in [1.29, 1.82) is 0 Å². The van der Waals surface area contributed by atoms with Crippen molar-refractivity contribution in [3.05, 3.63) is 30.5 Å². The van der Waals surface area contributed by atoms with Crippen molar-refractivity contribution >= 4 is 22.3 Å². The first kappa shape index (κ1) is 13.6. The van der Waals surface area contributed by atoms with E-state index in [0.29, 0.717) is 13.2 Å². The van der Waals surface area contributed by atoms with E-state index in [9.17, 15) is 0 Å². The molecule has 0 aliphatic rings. The zero-order valence-corrected chi connectivity index (χ0v) is 10.8. The van der Waals surface area contributed by atoms with E-state index in [1.54, 1.807) is 6.20 Å². The molecule has 0 bridgehead atoms. The van der Waals surface area contributed by atoms with Crippen LogP contribution in [-0.4, -0.2) is 36.5 Å². The number of pyridine rings is 1. The lowest BCUT2D eigenvalue weighted by atomic mass is 10.1. The molecule has 5 nitrogen and oxygen atoms in total. The molecule has 0 radical (unpaired) electrons. The fourth-order valence-corrected chi connectivity index (χ4v) is 1.88. The number of aromatic nitrogens is 1. The summed E-state index contributed by atoms with van der Waals surface area (Å²) in [7, 11) is 0. The van der Waals surface area contributed by atoms with E-state index in [0.717, 1.165) is 35.2 Å². The minimum Gasteiger partial charge on any atom is -0.399 e. The lowest BCUT2D eigenvalue weighted by Gasteiger charge is -2.09. The first-order valence-corrected chi connectivity index (χ1v) is 6.38. The van der Waals surface area contributed by atoms with E-state index < -0.39 is 0 Å². The number of aliphatic hydroxyl groups excluding tert-OH is 1. The van der Waals surface area contributed by atoms with Crippen LogP contribution in [-0.2, 0) is 4.74 Å². The molecular formula is C14H19N3O2. The van der Waals surface area contributed by atoms with E-state index in [2.05, 4.69) is 10.3 Å². The van der Waals surface area contributed by atoms with Gasteiger partial charge >= 0.3 is 0 Å². The number of anilines is 2. The third-order valence-corrected chi connectivity index (χ3v) is 2.78. The van der Waals surface area contributed by atoms with Crippen LogP contribution in [0.4, 0.5) is 11.4 Å². The van der Waals surface area contributed by atoms with Crippen molar-refractivity contribution in [2.24, 2.45) is 0 Å². The fraction of sp³-hybridized carbons (Fsp3) is 0.357. The van der Waals surface area contributed by atoms with Crippen molar-refractivity contribution < 1.29 is 9.84 Å². The Labute approximate surface area is 112 Å². The van der Waals surface area contributed by atoms with Crippen molar-refractivity contribution in [2.75, 3.05) is 37.4 Å². The molecule has 2 rings (SSSR count). The standard InChI is InChI=1S/C14H19N3O2/c15-11-2-3-12-13(4-6-17-14(12)10-11)16-5-1-8-19-9-7-18/h2-4,6,10,18H,1,5,7-9,15H2,(H,16,17). The van der Waals surface area contributed by atoms with E-state index in [-0.39, 0.29) is 6.61 Å². The summed E-state index contributed by atoms with van der Waals surface area (Å²) in [6, 6.07) is 7.67. The monoisotopic (exact) mass is 261 g/mol. The van der Waals surface area contributed by atoms with Crippen LogP contribution in [0.1, 0.15) is 6.42 Å². The number of hydrogen-bond donors (Lipinski definition) is 3. The minimum absolute atomic E-state index is 0.0733. The quantitative estimate of drug-likeness (QED) is 0.521. The second-order valence-electron chi connectivity index (χ2n) is 4.25. The summed E-state index contributed by atoms with van der Waals surface area (Å²) in [5.74, 6) is 0. The maximum Gasteiger partial charge on any atom is 0.0743 e. The average molecular weight is 261 g/mol. The van der Waals surface area contributed by atoms with Crippen LogP contribution in [0, 0.1) is 0 Å². The third kappa shape index (κ3) is 3.81. The Bertz CT molecular complexity index is 531. The maximum atomic E-state index is 8.58. The highest BCUT2D eigenvalue weighted by Gasteiger charge is 2.01. The Kier molecular flexibility index (Phi) is 4.94. The number of aliphatic hydroxyl groups is 1. The van der Waals surface area contributed by atoms with Crippen molar-refractivity contribution in [3.8, 4) is 0 Å². The lowest BCUT2D eigenvalue weighted by Crippen LogP contribution is -2.08. The van der Waals surface area contributed by atoms with Gasteiger partial charge in [-0.2, -0.15) is 0 Å². The van der Waals surface area contributed by atoms with Gasteiger partial charge in [-0.05, 0) is 30.7 Å². The van der Waals surface area contributed by atoms with Crippen molar-refractivity contribution in [1.82, 2.24) is 4.98 Å². The number of nitrogens with zero attached hydrogens (tertiary/aromatic N) is 1. The van der Waals surface area contributed by atoms with Gasteiger partial charge in [0.25, 0.3) is 0 Å². The molecule has 102 valence electrons. The Hall–Kier alpha value is -1.85. The Morgan fingerprint density at radius 2 is 2.16 bits per heavy atom. The number of nitrogens with one attached hydrogen (secondary N) is 1. The predicted molar refractivity (Wildman–Crippen MR) is 77.2 cm³/mol. The number of rotatable bonds is 7. The van der Waals surface area contributed by atoms with Crippen LogP contribution in [0.5, 0.6) is 0 Å². The highest BCUT2D eigenvalue weighted by molar-refractivity contribution is 5.92. The van der Waals surface area contributed by atoms with Crippen LogP contribution in [0.3, 0.4) is 0 Å². The summed E-state index contributed by atoms with van der Waals surface area (Å²) in [6.45, 7) is 1.93. The van der Waals surface area contributed by atoms with E-state index in [1.807, 2.05) is 24.3 Å². The first-order valence-electron chi connectivity index (χ1n) is 6.38. The van der Waals surface area contributed by atoms with Gasteiger partial charge in [0.05, 0.1) is 18.7 Å². The van der Waals surface area contributed by atoms with Crippen LogP contribution in [0.15, 0.2) is 30.5 Å². The summed E-state index contributed by atoms with van der Waals surface area (Å²) < 4.78 is 5.21. The largest absolute Gasteiger partial charge is 0.399 e. The van der Waals surface area contributed by atoms with Crippen molar-refractivity contribution in [3.63, 3.8) is 0 Å². The smallest absolute Gasteiger partial charge is 0.0743 e. The number of fused-ring (bicyclic) bond motifs is 1. The number of nitrogens with two attached hydrogens (primary N) is 1. The molecule has 0 atom stereocenters. The molecule has 2 aromatic rings. The molecule has 0 fully saturated rings. The van der Waals surface area contributed by atoms with Gasteiger partial charge in [-0.15, -0.1) is 0 Å². The zero-order chi connectivity index (χ0) is 13.5. The summed E-state index contributed by atoms with van der Waals surface area (Å²) in [4.78, 5) is 4.30. The van der Waals surface area contributed by atoms with Crippen molar-refractivity contribution in [2.45, 2.75) is 6.42 Å². The Balaban J connectivity index is 1.93. The molecule has 0 aliphatic carbocycles. The normalized spacial score (nSPS) is 10.8. The predicted octanol–water partition coefficient (Wildman–Crippen LogP) is 1.63. The maximum absolute atomic E-state index is 8.58. The molecule has 0 saturated heterocycles. The Morgan fingerprint density at radius 3 is 3.00 bits per heavy atom. The zero-order valence-electron chi connectivity index (χ0n) is 10.8. The third-order valence-electron chi connectivity index (χ3n) is 2.78. The van der Waals surface area contributed by atoms with Crippen LogP contribution in [0.25, 0.3) is 10.9 Å². The van der Waals surface area contributed by atoms with Crippen LogP contribution < -0.4 is 11.1 Å². The van der Waals surface area contributed by atoms with Gasteiger partial charge in [-0.3, -0.25) is 4.98 Å². The molecule has 0 spiro atoms. The van der Waals surface area contributed by atoms with Gasteiger partial charge in [0, 0.05) is 36.1 Å². The number of ether oxygens (including phenoxy) is 1. The van der Waals surface area contributed by atoms with E-state index in [4.69, 9.17) is 15.6 Å². The molecule has 0 saturated carbocycles. The first-order chi connectivity index (χ1) is 9.31. The lowest BCUT2D eigenvalue weighted by molar-refractivity contribution is 0.0922. The number of benzene rings is 1. The second kappa shape index (κ2) is 6.92. The summed E-state index contributed by atoms with van der Waals surface area (Å²) in [5.41, 5.74) is 8.40. The highest BCUT2D eigenvalue weighted by atomic mass is 16.5. The molecule has 4 N–H and O–H groups in total. The molecule has 19 heavy (non-hydrogen) atoms. The highest BCUT2D eigenvalue weighted by Crippen LogP contribution is 2.23. The van der Waals surface area contributed by atoms with Gasteiger partial charge in [0.15, 0.2) is 0 Å². The molecule has 1 aromatic carbocycles. The van der Waals surface area contributed by atoms with E-state index >= 15 is 0 Å². The number of hydrogen-bond acceptors (Lipinski definition) is 5. The van der Waals surface area contributed by atoms with E-state index in [1.165, 1.54) is 0 Å². The Morgan fingerprint density at radius 1 is 1.26 bits per heavy atom. The topological polar surface area (TPSA) is 80.4 Å². The van der Waals surface area contributed by atoms with Gasteiger partial charge in [-0.25, -0.2) is 0 Å². The minimum atomic E-state index is 0.0733. The molecule has 0 aliphatic heterocycles. The summed E-state index contributed by atoms with van der Waals surface area (Å²) in [6.07, 6.45) is 2.66. The molecule has 1 aromatic heterocycles. The summed E-state index contributed by atoms with van der Waals surface area (Å²) >= 11 is 0. The molecule has 0 unspecified atom stereocenters. The molecule has 5 heteroatoms. The second-order valence-corrected chi connectivity index (χ2v) is 4.25. The van der Waals surface area contributed by atoms with Crippen LogP contribution >= 0.6 is 0 Å². The average Bonchev–Trinajstić information content (AvgIpc) is 2.42. The van der Waals surface area contributed by atoms with Gasteiger partial charge < -0.3 is 20.9 Å². The van der Waals surface area contributed by atoms with Gasteiger partial charge in [-0.1, -0.05) is 0 Å². The SMILES string of the molecule is Nc1ccc2c(NCCCOCCO)ccnc2c1. The fourth-order valence-electron chi connectivity index (χ4n) is 1.88.